The molecule has 0 aromatic carbocycles. The maximum atomic E-state index is 10.1. The molecule has 1 nitrogen and oxygen atoms in total. The largest absolute Gasteiger partial charge is 0.393 e. The Hall–Kier alpha value is -0.300. The van der Waals surface area contributed by atoms with Crippen LogP contribution in [-0.2, 0) is 0 Å². The third-order valence-corrected chi connectivity index (χ3v) is 8.83. The molecule has 1 heteroatoms. The van der Waals surface area contributed by atoms with E-state index in [9.17, 15) is 5.11 Å². The number of hydrogen-bond donors (Lipinski definition) is 1. The summed E-state index contributed by atoms with van der Waals surface area (Å²) in [5.74, 6) is 3.65. The zero-order chi connectivity index (χ0) is 15.5. The van der Waals surface area contributed by atoms with Gasteiger partial charge in [0.05, 0.1) is 6.10 Å². The average Bonchev–Trinajstić information content (AvgIpc) is 2.84. The Balaban J connectivity index is 1.63. The summed E-state index contributed by atoms with van der Waals surface area (Å²) in [7, 11) is 0. The molecule has 124 valence electrons. The molecule has 0 bridgehead atoms. The Kier molecular flexibility index (Phi) is 3.53. The molecule has 4 fully saturated rings. The van der Waals surface area contributed by atoms with E-state index in [2.05, 4.69) is 26.8 Å². The van der Waals surface area contributed by atoms with Crippen molar-refractivity contribution in [2.24, 2.45) is 34.5 Å². The molecular weight excluding hydrogens is 268 g/mol. The molecule has 4 rings (SSSR count). The van der Waals surface area contributed by atoms with Gasteiger partial charge < -0.3 is 5.11 Å². The molecule has 3 unspecified atom stereocenters. The van der Waals surface area contributed by atoms with Crippen molar-refractivity contribution >= 4 is 0 Å². The van der Waals surface area contributed by atoms with Gasteiger partial charge in [0.2, 0.25) is 0 Å². The Morgan fingerprint density at radius 1 is 1.00 bits per heavy atom. The van der Waals surface area contributed by atoms with Gasteiger partial charge in [-0.2, -0.15) is 0 Å². The highest BCUT2D eigenvalue weighted by molar-refractivity contribution is 5.23. The van der Waals surface area contributed by atoms with Crippen LogP contribution in [0.4, 0.5) is 0 Å². The van der Waals surface area contributed by atoms with Crippen LogP contribution >= 0.6 is 0 Å². The fourth-order valence-corrected chi connectivity index (χ4v) is 7.56. The van der Waals surface area contributed by atoms with Crippen LogP contribution < -0.4 is 0 Å². The summed E-state index contributed by atoms with van der Waals surface area (Å²) in [5.41, 5.74) is 2.82. The van der Waals surface area contributed by atoms with Gasteiger partial charge in [0, 0.05) is 0 Å². The quantitative estimate of drug-likeness (QED) is 0.599. The maximum Gasteiger partial charge on any atom is 0.0543 e. The van der Waals surface area contributed by atoms with E-state index in [1.165, 1.54) is 44.9 Å². The van der Waals surface area contributed by atoms with Crippen molar-refractivity contribution in [2.75, 3.05) is 0 Å². The van der Waals surface area contributed by atoms with Crippen molar-refractivity contribution < 1.29 is 5.11 Å². The summed E-state index contributed by atoms with van der Waals surface area (Å²) in [4.78, 5) is 0. The molecule has 0 saturated heterocycles. The smallest absolute Gasteiger partial charge is 0.0543 e. The minimum Gasteiger partial charge on any atom is -0.393 e. The molecule has 4 aliphatic carbocycles. The van der Waals surface area contributed by atoms with Crippen molar-refractivity contribution in [1.29, 1.82) is 0 Å². The van der Waals surface area contributed by atoms with E-state index >= 15 is 0 Å². The summed E-state index contributed by atoms with van der Waals surface area (Å²) in [5, 5.41) is 10.1. The van der Waals surface area contributed by atoms with Crippen LogP contribution in [-0.4, -0.2) is 11.2 Å². The van der Waals surface area contributed by atoms with Crippen molar-refractivity contribution in [1.82, 2.24) is 0 Å². The van der Waals surface area contributed by atoms with E-state index in [1.54, 1.807) is 5.57 Å². The van der Waals surface area contributed by atoms with E-state index in [-0.39, 0.29) is 6.10 Å². The van der Waals surface area contributed by atoms with Crippen LogP contribution in [0.1, 0.15) is 78.6 Å². The SMILES string of the molecule is C/C=C1/CCC2C3CC[C@H]4C[C@@H](O)CC[C@]4(C)C3CC[C@]12C. The minimum atomic E-state index is -0.00964. The first-order valence-electron chi connectivity index (χ1n) is 9.83. The molecule has 1 N–H and O–H groups in total. The predicted octanol–water partition coefficient (Wildman–Crippen LogP) is 5.34. The lowest BCUT2D eigenvalue weighted by atomic mass is 9.45. The van der Waals surface area contributed by atoms with E-state index in [0.717, 1.165) is 36.5 Å². The zero-order valence-electron chi connectivity index (χ0n) is 14.8. The van der Waals surface area contributed by atoms with E-state index in [1.807, 2.05) is 0 Å². The summed E-state index contributed by atoms with van der Waals surface area (Å²) in [6.45, 7) is 7.43. The highest BCUT2D eigenvalue weighted by Gasteiger charge is 2.58. The second-order valence-electron chi connectivity index (χ2n) is 9.39. The Morgan fingerprint density at radius 2 is 1.82 bits per heavy atom. The molecule has 4 saturated carbocycles. The number of aliphatic hydroxyl groups excluding tert-OH is 1. The molecule has 0 aromatic heterocycles. The van der Waals surface area contributed by atoms with Crippen LogP contribution in [0.15, 0.2) is 11.6 Å². The van der Waals surface area contributed by atoms with Gasteiger partial charge in [-0.1, -0.05) is 25.5 Å². The third kappa shape index (κ3) is 1.93. The summed E-state index contributed by atoms with van der Waals surface area (Å²) >= 11 is 0. The lowest BCUT2D eigenvalue weighted by Gasteiger charge is -2.60. The maximum absolute atomic E-state index is 10.1. The second kappa shape index (κ2) is 5.10. The molecule has 0 aliphatic heterocycles. The van der Waals surface area contributed by atoms with Crippen molar-refractivity contribution in [3.05, 3.63) is 11.6 Å². The zero-order valence-corrected chi connectivity index (χ0v) is 14.8. The van der Waals surface area contributed by atoms with Gasteiger partial charge in [-0.3, -0.25) is 0 Å². The van der Waals surface area contributed by atoms with Crippen LogP contribution in [0, 0.1) is 34.5 Å². The highest BCUT2D eigenvalue weighted by atomic mass is 16.3. The molecule has 22 heavy (non-hydrogen) atoms. The number of allylic oxidation sites excluding steroid dienone is 2. The van der Waals surface area contributed by atoms with Crippen LogP contribution in [0.25, 0.3) is 0 Å². The van der Waals surface area contributed by atoms with Crippen molar-refractivity contribution in [2.45, 2.75) is 84.7 Å². The third-order valence-electron chi connectivity index (χ3n) is 8.83. The molecule has 0 heterocycles. The van der Waals surface area contributed by atoms with Gasteiger partial charge in [-0.15, -0.1) is 0 Å². The average molecular weight is 303 g/mol. The molecular formula is C21H34O. The normalized spacial score (nSPS) is 56.4. The lowest BCUT2D eigenvalue weighted by molar-refractivity contribution is -0.116. The summed E-state index contributed by atoms with van der Waals surface area (Å²) < 4.78 is 0. The fourth-order valence-electron chi connectivity index (χ4n) is 7.56. The molecule has 0 amide bonds. The number of rotatable bonds is 0. The first kappa shape index (κ1) is 15.2. The van der Waals surface area contributed by atoms with Gasteiger partial charge >= 0.3 is 0 Å². The predicted molar refractivity (Wildman–Crippen MR) is 91.5 cm³/mol. The van der Waals surface area contributed by atoms with Gasteiger partial charge in [-0.25, -0.2) is 0 Å². The minimum absolute atomic E-state index is 0.00964. The molecule has 7 atom stereocenters. The molecule has 4 aliphatic rings. The Labute approximate surface area is 136 Å². The van der Waals surface area contributed by atoms with Crippen molar-refractivity contribution in [3.63, 3.8) is 0 Å². The van der Waals surface area contributed by atoms with Gasteiger partial charge in [0.1, 0.15) is 0 Å². The highest BCUT2D eigenvalue weighted by Crippen LogP contribution is 2.67. The van der Waals surface area contributed by atoms with Crippen molar-refractivity contribution in [3.8, 4) is 0 Å². The number of hydrogen-bond acceptors (Lipinski definition) is 1. The number of aliphatic hydroxyl groups is 1. The van der Waals surface area contributed by atoms with Gasteiger partial charge in [-0.05, 0) is 99.2 Å². The second-order valence-corrected chi connectivity index (χ2v) is 9.39. The topological polar surface area (TPSA) is 20.2 Å². The Morgan fingerprint density at radius 3 is 2.59 bits per heavy atom. The van der Waals surface area contributed by atoms with Gasteiger partial charge in [0.15, 0.2) is 0 Å². The first-order valence-corrected chi connectivity index (χ1v) is 9.83. The standard InChI is InChI=1S/C21H34O/c1-4-14-6-8-18-17-7-5-15-13-16(22)9-11-21(15,3)19(17)10-12-20(14,18)2/h4,15-19,22H,5-13H2,1-3H3/b14-4-/t15-,16-,17?,18?,19?,20+,21-/m0/s1. The fraction of sp³-hybridized carbons (Fsp3) is 0.905. The van der Waals surface area contributed by atoms with E-state index in [4.69, 9.17) is 0 Å². The summed E-state index contributed by atoms with van der Waals surface area (Å²) in [6.07, 6.45) is 14.3. The van der Waals surface area contributed by atoms with Crippen LogP contribution in [0.2, 0.25) is 0 Å². The molecule has 0 spiro atoms. The Bertz CT molecular complexity index is 480. The van der Waals surface area contributed by atoms with E-state index < -0.39 is 0 Å². The van der Waals surface area contributed by atoms with Crippen LogP contribution in [0.5, 0.6) is 0 Å². The summed E-state index contributed by atoms with van der Waals surface area (Å²) in [6, 6.07) is 0. The van der Waals surface area contributed by atoms with Crippen LogP contribution in [0.3, 0.4) is 0 Å². The monoisotopic (exact) mass is 302 g/mol. The lowest BCUT2D eigenvalue weighted by Crippen LogP contribution is -2.53. The first-order chi connectivity index (χ1) is 10.5. The van der Waals surface area contributed by atoms with Gasteiger partial charge in [0.25, 0.3) is 0 Å². The molecule has 0 aromatic rings. The molecule has 0 radical (unpaired) electrons. The van der Waals surface area contributed by atoms with E-state index in [0.29, 0.717) is 10.8 Å². The number of fused-ring (bicyclic) bond motifs is 5.